The van der Waals surface area contributed by atoms with E-state index in [0.29, 0.717) is 12.5 Å². The van der Waals surface area contributed by atoms with Crippen LogP contribution in [-0.4, -0.2) is 11.0 Å². The molecule has 0 aromatic heterocycles. The van der Waals surface area contributed by atoms with Crippen molar-refractivity contribution in [2.75, 3.05) is 5.73 Å². The number of nitrogens with two attached hydrogens (primary N) is 1. The topological polar surface area (TPSA) is 78.4 Å². The highest BCUT2D eigenvalue weighted by atomic mass is 16.6. The summed E-state index contributed by atoms with van der Waals surface area (Å²) in [6.07, 6.45) is 3.59. The quantitative estimate of drug-likeness (QED) is 0.519. The van der Waals surface area contributed by atoms with Gasteiger partial charge in [-0.25, -0.2) is 0 Å². The van der Waals surface area contributed by atoms with Crippen molar-refractivity contribution in [1.29, 1.82) is 0 Å². The molecule has 5 nitrogen and oxygen atoms in total. The number of nitro groups is 1. The SMILES string of the molecule is CC1CCC(OCc2ccc(N)c([N+](=O)[O-])c2)CC1C. The Balaban J connectivity index is 1.94. The number of hydrogen-bond acceptors (Lipinski definition) is 4. The molecule has 0 saturated heterocycles. The summed E-state index contributed by atoms with van der Waals surface area (Å²) in [5.41, 5.74) is 6.53. The average molecular weight is 278 g/mol. The Morgan fingerprint density at radius 1 is 1.35 bits per heavy atom. The predicted octanol–water partition coefficient (Wildman–Crippen LogP) is 3.52. The third-order valence-corrected chi connectivity index (χ3v) is 4.33. The third kappa shape index (κ3) is 3.48. The van der Waals surface area contributed by atoms with E-state index in [2.05, 4.69) is 13.8 Å². The summed E-state index contributed by atoms with van der Waals surface area (Å²) in [5.74, 6) is 1.43. The molecule has 3 atom stereocenters. The third-order valence-electron chi connectivity index (χ3n) is 4.33. The first-order chi connectivity index (χ1) is 9.47. The van der Waals surface area contributed by atoms with E-state index in [-0.39, 0.29) is 17.5 Å². The van der Waals surface area contributed by atoms with E-state index in [4.69, 9.17) is 10.5 Å². The standard InChI is InChI=1S/C15H22N2O3/c1-10-3-5-13(7-11(10)2)20-9-12-4-6-14(16)15(8-12)17(18)19/h4,6,8,10-11,13H,3,5,7,9,16H2,1-2H3. The second-order valence-electron chi connectivity index (χ2n) is 5.85. The minimum absolute atomic E-state index is 0.0447. The van der Waals surface area contributed by atoms with Gasteiger partial charge in [-0.05, 0) is 42.7 Å². The maximum absolute atomic E-state index is 10.8. The van der Waals surface area contributed by atoms with Crippen molar-refractivity contribution in [2.45, 2.75) is 45.8 Å². The zero-order chi connectivity index (χ0) is 14.7. The van der Waals surface area contributed by atoms with Crippen LogP contribution in [0.5, 0.6) is 0 Å². The molecule has 1 fully saturated rings. The molecule has 1 saturated carbocycles. The minimum atomic E-state index is -0.455. The first-order valence-corrected chi connectivity index (χ1v) is 7.11. The second kappa shape index (κ2) is 6.22. The minimum Gasteiger partial charge on any atom is -0.393 e. The molecule has 3 unspecified atom stereocenters. The Hall–Kier alpha value is -1.62. The Bertz CT molecular complexity index is 490. The van der Waals surface area contributed by atoms with E-state index < -0.39 is 4.92 Å². The number of nitrogens with zero attached hydrogens (tertiary/aromatic N) is 1. The van der Waals surface area contributed by atoms with Gasteiger partial charge in [0, 0.05) is 6.07 Å². The van der Waals surface area contributed by atoms with E-state index in [1.165, 1.54) is 12.5 Å². The Kier molecular flexibility index (Phi) is 4.60. The van der Waals surface area contributed by atoms with E-state index in [0.717, 1.165) is 24.3 Å². The molecule has 0 bridgehead atoms. The van der Waals surface area contributed by atoms with Crippen molar-refractivity contribution >= 4 is 11.4 Å². The summed E-state index contributed by atoms with van der Waals surface area (Å²) < 4.78 is 5.90. The molecule has 0 heterocycles. The molecule has 0 spiro atoms. The highest BCUT2D eigenvalue weighted by molar-refractivity contribution is 5.59. The number of ether oxygens (including phenoxy) is 1. The van der Waals surface area contributed by atoms with Gasteiger partial charge in [-0.1, -0.05) is 19.9 Å². The van der Waals surface area contributed by atoms with Gasteiger partial charge < -0.3 is 10.5 Å². The van der Waals surface area contributed by atoms with E-state index in [1.54, 1.807) is 12.1 Å². The Morgan fingerprint density at radius 2 is 2.10 bits per heavy atom. The maximum Gasteiger partial charge on any atom is 0.292 e. The van der Waals surface area contributed by atoms with Gasteiger partial charge >= 0.3 is 0 Å². The van der Waals surface area contributed by atoms with Crippen LogP contribution in [0.4, 0.5) is 11.4 Å². The maximum atomic E-state index is 10.8. The molecule has 1 aromatic rings. The zero-order valence-corrected chi connectivity index (χ0v) is 12.0. The lowest BCUT2D eigenvalue weighted by molar-refractivity contribution is -0.384. The van der Waals surface area contributed by atoms with Crippen LogP contribution < -0.4 is 5.73 Å². The molecule has 1 aliphatic rings. The number of benzene rings is 1. The molecular weight excluding hydrogens is 256 g/mol. The van der Waals surface area contributed by atoms with Crippen molar-refractivity contribution < 1.29 is 9.66 Å². The van der Waals surface area contributed by atoms with Crippen molar-refractivity contribution in [2.24, 2.45) is 11.8 Å². The number of nitrogen functional groups attached to an aromatic ring is 1. The van der Waals surface area contributed by atoms with E-state index >= 15 is 0 Å². The highest BCUT2D eigenvalue weighted by Gasteiger charge is 2.25. The van der Waals surface area contributed by atoms with Crippen LogP contribution in [0.3, 0.4) is 0 Å². The van der Waals surface area contributed by atoms with Gasteiger partial charge in [0.1, 0.15) is 5.69 Å². The van der Waals surface area contributed by atoms with Crippen LogP contribution in [0.15, 0.2) is 18.2 Å². The van der Waals surface area contributed by atoms with Crippen LogP contribution in [0.2, 0.25) is 0 Å². The van der Waals surface area contributed by atoms with Crippen molar-refractivity contribution in [3.05, 3.63) is 33.9 Å². The summed E-state index contributed by atoms with van der Waals surface area (Å²) in [4.78, 5) is 10.4. The first-order valence-electron chi connectivity index (χ1n) is 7.11. The lowest BCUT2D eigenvalue weighted by Gasteiger charge is -2.31. The van der Waals surface area contributed by atoms with Gasteiger partial charge in [-0.3, -0.25) is 10.1 Å². The number of hydrogen-bond donors (Lipinski definition) is 1. The van der Waals surface area contributed by atoms with Crippen LogP contribution in [0, 0.1) is 22.0 Å². The van der Waals surface area contributed by atoms with Crippen molar-refractivity contribution in [1.82, 2.24) is 0 Å². The fourth-order valence-electron chi connectivity index (χ4n) is 2.70. The molecule has 0 aliphatic heterocycles. The Labute approximate surface area is 119 Å². The van der Waals surface area contributed by atoms with E-state index in [1.807, 2.05) is 0 Å². The van der Waals surface area contributed by atoms with Gasteiger partial charge in [-0.15, -0.1) is 0 Å². The van der Waals surface area contributed by atoms with Gasteiger partial charge in [0.2, 0.25) is 0 Å². The summed E-state index contributed by atoms with van der Waals surface area (Å²) >= 11 is 0. The van der Waals surface area contributed by atoms with Gasteiger partial charge in [0.15, 0.2) is 0 Å². The summed E-state index contributed by atoms with van der Waals surface area (Å²) in [6, 6.07) is 4.86. The van der Waals surface area contributed by atoms with Gasteiger partial charge in [0.05, 0.1) is 17.6 Å². The molecule has 1 aliphatic carbocycles. The van der Waals surface area contributed by atoms with Crippen molar-refractivity contribution in [3.8, 4) is 0 Å². The number of nitro benzene ring substituents is 1. The molecule has 2 rings (SSSR count). The largest absolute Gasteiger partial charge is 0.393 e. The molecular formula is C15H22N2O3. The molecule has 20 heavy (non-hydrogen) atoms. The first kappa shape index (κ1) is 14.8. The fourth-order valence-corrected chi connectivity index (χ4v) is 2.70. The highest BCUT2D eigenvalue weighted by Crippen LogP contribution is 2.31. The van der Waals surface area contributed by atoms with Crippen LogP contribution in [0.25, 0.3) is 0 Å². The average Bonchev–Trinajstić information content (AvgIpc) is 2.41. The lowest BCUT2D eigenvalue weighted by Crippen LogP contribution is -2.26. The van der Waals surface area contributed by atoms with Crippen LogP contribution in [0.1, 0.15) is 38.7 Å². The number of anilines is 1. The molecule has 5 heteroatoms. The monoisotopic (exact) mass is 278 g/mol. The van der Waals surface area contributed by atoms with Crippen molar-refractivity contribution in [3.63, 3.8) is 0 Å². The van der Waals surface area contributed by atoms with Gasteiger partial charge in [-0.2, -0.15) is 0 Å². The smallest absolute Gasteiger partial charge is 0.292 e. The zero-order valence-electron chi connectivity index (χ0n) is 12.0. The van der Waals surface area contributed by atoms with E-state index in [9.17, 15) is 10.1 Å². The molecule has 1 aromatic carbocycles. The summed E-state index contributed by atoms with van der Waals surface area (Å²) in [7, 11) is 0. The molecule has 110 valence electrons. The fraction of sp³-hybridized carbons (Fsp3) is 0.600. The van der Waals surface area contributed by atoms with Crippen LogP contribution >= 0.6 is 0 Å². The van der Waals surface area contributed by atoms with Gasteiger partial charge in [0.25, 0.3) is 5.69 Å². The van der Waals surface area contributed by atoms with Crippen LogP contribution in [-0.2, 0) is 11.3 Å². The Morgan fingerprint density at radius 3 is 2.75 bits per heavy atom. The number of rotatable bonds is 4. The second-order valence-corrected chi connectivity index (χ2v) is 5.85. The summed E-state index contributed by atoms with van der Waals surface area (Å²) in [5, 5.41) is 10.8. The summed E-state index contributed by atoms with van der Waals surface area (Å²) in [6.45, 7) is 4.95. The molecule has 0 amide bonds. The molecule has 0 radical (unpaired) electrons. The predicted molar refractivity (Wildman–Crippen MR) is 78.3 cm³/mol. The molecule has 2 N–H and O–H groups in total. The lowest BCUT2D eigenvalue weighted by atomic mass is 9.80. The normalized spacial score (nSPS) is 26.4.